The Bertz CT molecular complexity index is 422. The van der Waals surface area contributed by atoms with Crippen molar-refractivity contribution in [2.75, 3.05) is 12.4 Å². The van der Waals surface area contributed by atoms with Crippen LogP contribution in [0.5, 0.6) is 0 Å². The molecule has 0 saturated heterocycles. The van der Waals surface area contributed by atoms with E-state index in [0.717, 1.165) is 0 Å². The highest BCUT2D eigenvalue weighted by atomic mass is 35.5. The first kappa shape index (κ1) is 13.5. The quantitative estimate of drug-likeness (QED) is 0.843. The average Bonchev–Trinajstić information content (AvgIpc) is 2.25. The molecule has 6 heteroatoms. The second kappa shape index (κ2) is 6.22. The van der Waals surface area contributed by atoms with E-state index in [9.17, 15) is 9.59 Å². The Balaban J connectivity index is 2.67. The maximum atomic E-state index is 11.6. The number of carbonyl (C=O) groups excluding carboxylic acids is 1. The standard InChI is InChI=1S/C11H12ClNO4/c1-17-9(6-10(14)15)11(16)13-8-4-2-3-7(12)5-8/h2-5,9H,6H2,1H3,(H,13,16)(H,14,15). The van der Waals surface area contributed by atoms with Crippen molar-refractivity contribution >= 4 is 29.2 Å². The first-order chi connectivity index (χ1) is 8.02. The Hall–Kier alpha value is -1.59. The summed E-state index contributed by atoms with van der Waals surface area (Å²) in [6.07, 6.45) is -1.41. The van der Waals surface area contributed by atoms with Gasteiger partial charge in [0.05, 0.1) is 6.42 Å². The number of carbonyl (C=O) groups is 2. The number of ether oxygens (including phenoxy) is 1. The van der Waals surface area contributed by atoms with Crippen LogP contribution < -0.4 is 5.32 Å². The molecule has 0 heterocycles. The van der Waals surface area contributed by atoms with E-state index >= 15 is 0 Å². The number of carboxylic acids is 1. The third kappa shape index (κ3) is 4.42. The Kier molecular flexibility index (Phi) is 4.93. The van der Waals surface area contributed by atoms with Crippen LogP contribution in [0.2, 0.25) is 5.02 Å². The van der Waals surface area contributed by atoms with E-state index in [2.05, 4.69) is 5.32 Å². The van der Waals surface area contributed by atoms with Crippen LogP contribution in [0.25, 0.3) is 0 Å². The van der Waals surface area contributed by atoms with E-state index in [-0.39, 0.29) is 6.42 Å². The Morgan fingerprint density at radius 1 is 1.53 bits per heavy atom. The van der Waals surface area contributed by atoms with Crippen molar-refractivity contribution < 1.29 is 19.4 Å². The molecule has 1 unspecified atom stereocenters. The largest absolute Gasteiger partial charge is 0.481 e. The lowest BCUT2D eigenvalue weighted by Crippen LogP contribution is -2.31. The van der Waals surface area contributed by atoms with Crippen molar-refractivity contribution in [3.63, 3.8) is 0 Å². The molecule has 92 valence electrons. The predicted octanol–water partition coefficient (Wildman–Crippen LogP) is 1.77. The Labute approximate surface area is 103 Å². The summed E-state index contributed by atoms with van der Waals surface area (Å²) < 4.78 is 4.80. The zero-order valence-electron chi connectivity index (χ0n) is 9.14. The minimum Gasteiger partial charge on any atom is -0.481 e. The number of carboxylic acid groups (broad SMARTS) is 1. The van der Waals surface area contributed by atoms with Gasteiger partial charge in [0.2, 0.25) is 0 Å². The summed E-state index contributed by atoms with van der Waals surface area (Å²) in [6.45, 7) is 0. The van der Waals surface area contributed by atoms with E-state index in [4.69, 9.17) is 21.4 Å². The summed E-state index contributed by atoms with van der Waals surface area (Å²) >= 11 is 5.75. The monoisotopic (exact) mass is 257 g/mol. The maximum Gasteiger partial charge on any atom is 0.306 e. The van der Waals surface area contributed by atoms with E-state index in [1.54, 1.807) is 24.3 Å². The minimum absolute atomic E-state index is 0.386. The van der Waals surface area contributed by atoms with Crippen LogP contribution in [0.3, 0.4) is 0 Å². The van der Waals surface area contributed by atoms with E-state index in [1.165, 1.54) is 7.11 Å². The molecule has 0 aromatic heterocycles. The predicted molar refractivity (Wildman–Crippen MR) is 63.1 cm³/mol. The lowest BCUT2D eigenvalue weighted by molar-refractivity contribution is -0.143. The van der Waals surface area contributed by atoms with Crippen LogP contribution in [0.4, 0.5) is 5.69 Å². The summed E-state index contributed by atoms with van der Waals surface area (Å²) in [5.74, 6) is -1.62. The highest BCUT2D eigenvalue weighted by Gasteiger charge is 2.21. The molecule has 2 N–H and O–H groups in total. The van der Waals surface area contributed by atoms with Gasteiger partial charge < -0.3 is 15.2 Å². The maximum absolute atomic E-state index is 11.6. The normalized spacial score (nSPS) is 11.9. The zero-order valence-corrected chi connectivity index (χ0v) is 9.90. The van der Waals surface area contributed by atoms with Gasteiger partial charge in [-0.2, -0.15) is 0 Å². The molecule has 5 nitrogen and oxygen atoms in total. The number of nitrogens with one attached hydrogen (secondary N) is 1. The molecule has 0 aliphatic heterocycles. The molecule has 17 heavy (non-hydrogen) atoms. The number of anilines is 1. The fraction of sp³-hybridized carbons (Fsp3) is 0.273. The van der Waals surface area contributed by atoms with Gasteiger partial charge in [0.25, 0.3) is 5.91 Å². The summed E-state index contributed by atoms with van der Waals surface area (Å²) in [6, 6.07) is 6.56. The third-order valence-electron chi connectivity index (χ3n) is 2.03. The summed E-state index contributed by atoms with van der Waals surface area (Å²) in [5, 5.41) is 11.6. The van der Waals surface area contributed by atoms with Crippen molar-refractivity contribution in [2.45, 2.75) is 12.5 Å². The van der Waals surface area contributed by atoms with Crippen LogP contribution >= 0.6 is 11.6 Å². The van der Waals surface area contributed by atoms with Crippen LogP contribution in [0.1, 0.15) is 6.42 Å². The highest BCUT2D eigenvalue weighted by Crippen LogP contribution is 2.15. The van der Waals surface area contributed by atoms with Gasteiger partial charge in [0, 0.05) is 17.8 Å². The molecular formula is C11H12ClNO4. The molecule has 1 atom stereocenters. The van der Waals surface area contributed by atoms with Gasteiger partial charge in [-0.15, -0.1) is 0 Å². The van der Waals surface area contributed by atoms with Gasteiger partial charge in [0.15, 0.2) is 0 Å². The molecule has 1 rings (SSSR count). The van der Waals surface area contributed by atoms with Gasteiger partial charge >= 0.3 is 5.97 Å². The van der Waals surface area contributed by atoms with Crippen LogP contribution in [0.15, 0.2) is 24.3 Å². The summed E-state index contributed by atoms with van der Waals surface area (Å²) in [7, 11) is 1.28. The van der Waals surface area contributed by atoms with Gasteiger partial charge in [-0.05, 0) is 18.2 Å². The molecule has 0 saturated carbocycles. The lowest BCUT2D eigenvalue weighted by atomic mass is 10.2. The van der Waals surface area contributed by atoms with Gasteiger partial charge in [-0.1, -0.05) is 17.7 Å². The van der Waals surface area contributed by atoms with E-state index < -0.39 is 18.0 Å². The first-order valence-corrected chi connectivity index (χ1v) is 5.21. The van der Waals surface area contributed by atoms with Gasteiger partial charge in [-0.3, -0.25) is 9.59 Å². The molecular weight excluding hydrogens is 246 g/mol. The zero-order chi connectivity index (χ0) is 12.8. The van der Waals surface area contributed by atoms with E-state index in [1.807, 2.05) is 0 Å². The van der Waals surface area contributed by atoms with Crippen molar-refractivity contribution in [2.24, 2.45) is 0 Å². The lowest BCUT2D eigenvalue weighted by Gasteiger charge is -2.13. The molecule has 0 radical (unpaired) electrons. The minimum atomic E-state index is -1.10. The van der Waals surface area contributed by atoms with Crippen LogP contribution in [0, 0.1) is 0 Å². The number of amides is 1. The molecule has 1 amide bonds. The number of methoxy groups -OCH3 is 1. The third-order valence-corrected chi connectivity index (χ3v) is 2.26. The van der Waals surface area contributed by atoms with Gasteiger partial charge in [-0.25, -0.2) is 0 Å². The number of hydrogen-bond acceptors (Lipinski definition) is 3. The summed E-state index contributed by atoms with van der Waals surface area (Å²) in [5.41, 5.74) is 0.495. The molecule has 0 aliphatic rings. The molecule has 0 spiro atoms. The van der Waals surface area contributed by atoms with Crippen LogP contribution in [-0.2, 0) is 14.3 Å². The second-order valence-electron chi connectivity index (χ2n) is 3.32. The number of rotatable bonds is 5. The van der Waals surface area contributed by atoms with E-state index in [0.29, 0.717) is 10.7 Å². The number of hydrogen-bond donors (Lipinski definition) is 2. The molecule has 0 bridgehead atoms. The topological polar surface area (TPSA) is 75.6 Å². The number of benzene rings is 1. The van der Waals surface area contributed by atoms with Crippen molar-refractivity contribution in [3.8, 4) is 0 Å². The van der Waals surface area contributed by atoms with Crippen molar-refractivity contribution in [1.29, 1.82) is 0 Å². The molecule has 0 fully saturated rings. The number of halogens is 1. The van der Waals surface area contributed by atoms with Crippen molar-refractivity contribution in [1.82, 2.24) is 0 Å². The Morgan fingerprint density at radius 2 is 2.24 bits per heavy atom. The molecule has 1 aromatic rings. The summed E-state index contributed by atoms with van der Waals surface area (Å²) in [4.78, 5) is 22.1. The highest BCUT2D eigenvalue weighted by molar-refractivity contribution is 6.30. The number of aliphatic carboxylic acids is 1. The second-order valence-corrected chi connectivity index (χ2v) is 3.76. The Morgan fingerprint density at radius 3 is 2.76 bits per heavy atom. The fourth-order valence-corrected chi connectivity index (χ4v) is 1.42. The first-order valence-electron chi connectivity index (χ1n) is 4.84. The molecule has 1 aromatic carbocycles. The fourth-order valence-electron chi connectivity index (χ4n) is 1.23. The van der Waals surface area contributed by atoms with Crippen molar-refractivity contribution in [3.05, 3.63) is 29.3 Å². The molecule has 0 aliphatic carbocycles. The average molecular weight is 258 g/mol. The van der Waals surface area contributed by atoms with Crippen LogP contribution in [-0.4, -0.2) is 30.2 Å². The smallest absolute Gasteiger partial charge is 0.306 e. The SMILES string of the molecule is COC(CC(=O)O)C(=O)Nc1cccc(Cl)c1. The van der Waals surface area contributed by atoms with Gasteiger partial charge in [0.1, 0.15) is 6.10 Å².